The van der Waals surface area contributed by atoms with Crippen LogP contribution in [0.1, 0.15) is 32.5 Å². The zero-order chi connectivity index (χ0) is 29.1. The molecule has 1 aromatic heterocycles. The monoisotopic (exact) mass is 702 g/mol. The molecule has 4 rings (SSSR count). The molecule has 0 radical (unpaired) electrons. The second-order valence-electron chi connectivity index (χ2n) is 10.5. The molecule has 3 aliphatic heterocycles. The number of carbonyl (C=O) groups is 3. The van der Waals surface area contributed by atoms with Crippen LogP contribution in [0, 0.1) is 11.8 Å². The van der Waals surface area contributed by atoms with Crippen LogP contribution in [-0.4, -0.2) is 85.7 Å². The number of halogens is 1. The molecule has 6 atom stereocenters. The van der Waals surface area contributed by atoms with Crippen LogP contribution < -0.4 is 28.5 Å². The van der Waals surface area contributed by atoms with Crippen molar-refractivity contribution in [3.05, 3.63) is 54.1 Å². The average Bonchev–Trinajstić information content (AvgIpc) is 3.57. The van der Waals surface area contributed by atoms with Crippen LogP contribution in [0.5, 0.6) is 0 Å². The van der Waals surface area contributed by atoms with Gasteiger partial charge in [-0.2, -0.15) is 0 Å². The smallest absolute Gasteiger partial charge is 0.410 e. The quantitative estimate of drug-likeness (QED) is 0.0888. The van der Waals surface area contributed by atoms with E-state index >= 15 is 0 Å². The normalized spacial score (nSPS) is 25.8. The molecule has 1 aromatic rings. The number of amides is 2. The molecule has 0 unspecified atom stereocenters. The summed E-state index contributed by atoms with van der Waals surface area (Å²) in [5.41, 5.74) is 0.225. The molecule has 2 saturated heterocycles. The van der Waals surface area contributed by atoms with Crippen molar-refractivity contribution in [2.75, 3.05) is 19.8 Å². The van der Waals surface area contributed by atoms with E-state index in [2.05, 4.69) is 13.2 Å². The van der Waals surface area contributed by atoms with Crippen molar-refractivity contribution in [2.45, 2.75) is 63.3 Å². The van der Waals surface area contributed by atoms with Crippen molar-refractivity contribution >= 4 is 29.7 Å². The molecule has 2 amide bonds. The number of aliphatic hydroxyl groups excluding tert-OH is 2. The summed E-state index contributed by atoms with van der Waals surface area (Å²) >= 11 is 1.50. The minimum Gasteiger partial charge on any atom is -1.00 e. The molecule has 0 spiro atoms. The Morgan fingerprint density at radius 2 is 1.95 bits per heavy atom. The summed E-state index contributed by atoms with van der Waals surface area (Å²) in [6, 6.07) is -0.454. The Hall–Kier alpha value is -2.36. The Balaban J connectivity index is 0.00000462. The van der Waals surface area contributed by atoms with Crippen molar-refractivity contribution in [2.24, 2.45) is 18.9 Å². The van der Waals surface area contributed by atoms with E-state index in [4.69, 9.17) is 9.47 Å². The van der Waals surface area contributed by atoms with E-state index in [1.807, 2.05) is 35.5 Å². The number of aromatic nitrogens is 2. The first kappa shape index (κ1) is 33.1. The third-order valence-corrected chi connectivity index (χ3v) is 9.41. The maximum absolute atomic E-state index is 13.1. The number of aryl methyl sites for hydroxylation is 2. The van der Waals surface area contributed by atoms with Gasteiger partial charge < -0.3 is 53.5 Å². The van der Waals surface area contributed by atoms with Gasteiger partial charge in [0.1, 0.15) is 37.9 Å². The fraction of sp³-hybridized carbons (Fsp3) is 0.571. The molecule has 0 aliphatic carbocycles. The topological polar surface area (TPSA) is 125 Å². The highest BCUT2D eigenvalue weighted by molar-refractivity contribution is 8.03. The third-order valence-electron chi connectivity index (χ3n) is 7.92. The molecule has 226 valence electrons. The molecule has 2 fully saturated rings. The molecule has 11 nitrogen and oxygen atoms in total. The van der Waals surface area contributed by atoms with Crippen LogP contribution in [0.3, 0.4) is 0 Å². The van der Waals surface area contributed by atoms with Crippen LogP contribution in [-0.2, 0) is 39.3 Å². The van der Waals surface area contributed by atoms with E-state index in [1.54, 1.807) is 11.8 Å². The van der Waals surface area contributed by atoms with Crippen molar-refractivity contribution in [1.29, 1.82) is 0 Å². The Morgan fingerprint density at radius 3 is 2.59 bits per heavy atom. The van der Waals surface area contributed by atoms with Gasteiger partial charge in [-0.3, -0.25) is 4.79 Å². The zero-order valence-corrected chi connectivity index (χ0v) is 26.6. The molecular formula is C28H39IN4O7S. The zero-order valence-electron chi connectivity index (χ0n) is 23.6. The molecule has 0 saturated carbocycles. The van der Waals surface area contributed by atoms with Crippen molar-refractivity contribution in [1.82, 2.24) is 14.4 Å². The number of esters is 1. The lowest BCUT2D eigenvalue weighted by Gasteiger charge is -2.46. The fourth-order valence-corrected chi connectivity index (χ4v) is 7.53. The summed E-state index contributed by atoms with van der Waals surface area (Å²) in [5.74, 6) is -0.880. The molecule has 41 heavy (non-hydrogen) atoms. The van der Waals surface area contributed by atoms with E-state index in [9.17, 15) is 24.6 Å². The van der Waals surface area contributed by atoms with Crippen LogP contribution in [0.4, 0.5) is 4.79 Å². The van der Waals surface area contributed by atoms with E-state index in [-0.39, 0.29) is 78.7 Å². The summed E-state index contributed by atoms with van der Waals surface area (Å²) < 4.78 is 14.6. The molecule has 3 aliphatic rings. The third kappa shape index (κ3) is 6.52. The molecular weight excluding hydrogens is 663 g/mol. The van der Waals surface area contributed by atoms with Crippen LogP contribution in [0.25, 0.3) is 0 Å². The number of carbonyl (C=O) groups excluding carboxylic acids is 3. The maximum Gasteiger partial charge on any atom is 0.410 e. The maximum atomic E-state index is 13.1. The van der Waals surface area contributed by atoms with Crippen LogP contribution in [0.15, 0.2) is 48.3 Å². The van der Waals surface area contributed by atoms with Gasteiger partial charge in [-0.25, -0.2) is 18.7 Å². The SMILES string of the molecule is C=CCOC(=O)C1=C(S[C@H]2C[C@@H](CCn3cc[n+](C)c3CO)N(C(=O)OCC=C)C2)[C@H](C)[C@@H]2[C@@H]([C@@H](C)O)C(=O)N12.[I-]. The standard InChI is InChI=1S/C28H39N4O7S.HI/c1-6-12-38-27(36)24-25(17(3)23-22(18(4)34)26(35)32(23)24)40-20-14-19(31(15-20)28(37)39-13-7-2)8-9-30-11-10-29(5)21(30)16-33;/h6-7,10-11,17-20,22-23,33-34H,1-2,8-9,12-16H2,3-5H3;1H/q+1;/p-1/t17-,18-,19-,20+,22-,23-;/m1./s1. The summed E-state index contributed by atoms with van der Waals surface area (Å²) in [6.07, 6.45) is 6.80. The summed E-state index contributed by atoms with van der Waals surface area (Å²) in [5, 5.41) is 19.9. The number of fused-ring (bicyclic) bond motifs is 1. The van der Waals surface area contributed by atoms with Gasteiger partial charge in [0.05, 0.1) is 31.7 Å². The minimum absolute atomic E-state index is 0. The summed E-state index contributed by atoms with van der Waals surface area (Å²) in [4.78, 5) is 43.0. The lowest BCUT2D eigenvalue weighted by molar-refractivity contribution is -0.680. The number of aliphatic hydroxyl groups is 2. The Kier molecular flexibility index (Phi) is 11.5. The van der Waals surface area contributed by atoms with Gasteiger partial charge in [0.15, 0.2) is 0 Å². The number of imidazole rings is 1. The van der Waals surface area contributed by atoms with E-state index in [0.717, 1.165) is 10.7 Å². The highest BCUT2D eigenvalue weighted by Gasteiger charge is 2.60. The summed E-state index contributed by atoms with van der Waals surface area (Å²) in [7, 11) is 1.87. The number of rotatable bonds is 12. The van der Waals surface area contributed by atoms with Gasteiger partial charge in [-0.05, 0) is 13.3 Å². The predicted molar refractivity (Wildman–Crippen MR) is 147 cm³/mol. The van der Waals surface area contributed by atoms with E-state index in [1.165, 1.54) is 28.8 Å². The van der Waals surface area contributed by atoms with Crippen LogP contribution in [0.2, 0.25) is 0 Å². The Labute approximate surface area is 261 Å². The van der Waals surface area contributed by atoms with Gasteiger partial charge in [0.2, 0.25) is 5.91 Å². The van der Waals surface area contributed by atoms with Gasteiger partial charge >= 0.3 is 12.1 Å². The highest BCUT2D eigenvalue weighted by Crippen LogP contribution is 2.52. The summed E-state index contributed by atoms with van der Waals surface area (Å²) in [6.45, 7) is 11.8. The van der Waals surface area contributed by atoms with E-state index < -0.39 is 24.1 Å². The first-order valence-electron chi connectivity index (χ1n) is 13.5. The highest BCUT2D eigenvalue weighted by atomic mass is 127. The molecule has 0 aromatic carbocycles. The number of likely N-dealkylation sites (tertiary alicyclic amines) is 1. The largest absolute Gasteiger partial charge is 1.00 e. The number of hydrogen-bond donors (Lipinski definition) is 2. The molecule has 0 bridgehead atoms. The lowest BCUT2D eigenvalue weighted by atomic mass is 9.79. The van der Waals surface area contributed by atoms with Gasteiger partial charge in [0.25, 0.3) is 5.82 Å². The van der Waals surface area contributed by atoms with E-state index in [0.29, 0.717) is 25.9 Å². The molecule has 2 N–H and O–H groups in total. The number of nitrogens with zero attached hydrogens (tertiary/aromatic N) is 4. The van der Waals surface area contributed by atoms with Crippen molar-refractivity contribution in [3.8, 4) is 0 Å². The predicted octanol–water partition coefficient (Wildman–Crippen LogP) is -1.50. The van der Waals surface area contributed by atoms with Crippen molar-refractivity contribution in [3.63, 3.8) is 0 Å². The lowest BCUT2D eigenvalue weighted by Crippen LogP contribution is -3.00. The number of thioether (sulfide) groups is 1. The van der Waals surface area contributed by atoms with Crippen molar-refractivity contribution < 1.29 is 62.6 Å². The average molecular weight is 703 g/mol. The second-order valence-corrected chi connectivity index (χ2v) is 11.8. The van der Waals surface area contributed by atoms with Gasteiger partial charge in [-0.1, -0.05) is 32.2 Å². The number of β-lactam (4-membered cyclic amide) rings is 1. The Morgan fingerprint density at radius 1 is 1.27 bits per heavy atom. The first-order chi connectivity index (χ1) is 19.1. The minimum atomic E-state index is -0.837. The fourth-order valence-electron chi connectivity index (χ4n) is 5.97. The Bertz CT molecular complexity index is 1200. The second kappa shape index (κ2) is 14.2. The van der Waals surface area contributed by atoms with Crippen LogP contribution >= 0.6 is 11.8 Å². The number of hydrogen-bond acceptors (Lipinski definition) is 8. The molecule has 13 heteroatoms. The van der Waals surface area contributed by atoms with Gasteiger partial charge in [-0.15, -0.1) is 11.8 Å². The first-order valence-corrected chi connectivity index (χ1v) is 14.4. The number of ether oxygens (including phenoxy) is 2. The molecule has 4 heterocycles. The van der Waals surface area contributed by atoms with Gasteiger partial charge in [0, 0.05) is 35.1 Å².